The molecule has 0 spiro atoms. The van der Waals surface area contributed by atoms with Gasteiger partial charge in [0.2, 0.25) is 7.11 Å². The first-order valence-electron chi connectivity index (χ1n) is 5.17. The van der Waals surface area contributed by atoms with Crippen LogP contribution in [0.3, 0.4) is 0 Å². The Morgan fingerprint density at radius 3 is 0.765 bits per heavy atom. The van der Waals surface area contributed by atoms with Crippen LogP contribution in [0.2, 0.25) is 13.1 Å². The minimum Gasteiger partial charge on any atom is -0.380 e. The van der Waals surface area contributed by atoms with Gasteiger partial charge in [0, 0.05) is 42.7 Å². The second-order valence-corrected chi connectivity index (χ2v) is 24.6. The average Bonchev–Trinajstić information content (AvgIpc) is 2.34. The fourth-order valence-corrected chi connectivity index (χ4v) is 25.9. The lowest BCUT2D eigenvalue weighted by Gasteiger charge is -2.43. The van der Waals surface area contributed by atoms with Crippen LogP contribution < -0.4 is 0 Å². The van der Waals surface area contributed by atoms with Crippen LogP contribution in [0.15, 0.2) is 0 Å². The van der Waals surface area contributed by atoms with Gasteiger partial charge in [0.1, 0.15) is 0 Å². The van der Waals surface area contributed by atoms with Crippen molar-refractivity contribution in [2.45, 2.75) is 13.1 Å². The normalized spacial score (nSPS) is 14.1. The summed E-state index contributed by atoms with van der Waals surface area (Å²) in [5.74, 6) is 0. The van der Waals surface area contributed by atoms with Crippen LogP contribution in [-0.4, -0.2) is 66.4 Å². The molecule has 9 heteroatoms. The Morgan fingerprint density at radius 2 is 0.647 bits per heavy atom. The van der Waals surface area contributed by atoms with Gasteiger partial charge in [-0.2, -0.15) is 0 Å². The first-order chi connectivity index (χ1) is 7.86. The summed E-state index contributed by atoms with van der Waals surface area (Å²) in [5, 5.41) is 0. The molecule has 0 aliphatic carbocycles. The zero-order chi connectivity index (χ0) is 13.7. The van der Waals surface area contributed by atoms with E-state index in [9.17, 15) is 0 Å². The monoisotopic (exact) mass is 300 g/mol. The molecule has 0 atom stereocenters. The Bertz CT molecular complexity index is 191. The molecule has 104 valence electrons. The molecular weight excluding hydrogens is 276 g/mol. The second kappa shape index (κ2) is 6.54. The largest absolute Gasteiger partial charge is 0.475 e. The fourth-order valence-electron chi connectivity index (χ4n) is 2.22. The molecule has 0 fully saturated rings. The van der Waals surface area contributed by atoms with Crippen molar-refractivity contribution < 1.29 is 26.6 Å². The van der Waals surface area contributed by atoms with Gasteiger partial charge in [-0.3, -0.25) is 0 Å². The van der Waals surface area contributed by atoms with Crippen molar-refractivity contribution >= 4 is 23.8 Å². The highest BCUT2D eigenvalue weighted by Gasteiger charge is 2.72. The van der Waals surface area contributed by atoms with E-state index in [0.717, 1.165) is 0 Å². The van der Waals surface area contributed by atoms with Crippen LogP contribution in [-0.2, 0) is 26.6 Å². The lowest BCUT2D eigenvalue weighted by molar-refractivity contribution is 0.130. The molecule has 0 N–H and O–H groups in total. The molecule has 0 aliphatic rings. The topological polar surface area (TPSA) is 55.4 Å². The summed E-state index contributed by atoms with van der Waals surface area (Å²) in [7, 11) is 1.59. The van der Waals surface area contributed by atoms with E-state index in [4.69, 9.17) is 26.6 Å². The molecule has 0 unspecified atom stereocenters. The van der Waals surface area contributed by atoms with E-state index in [0.29, 0.717) is 0 Å². The third-order valence-electron chi connectivity index (χ3n) is 3.14. The van der Waals surface area contributed by atoms with Crippen molar-refractivity contribution in [3.05, 3.63) is 0 Å². The molecule has 0 aromatic carbocycles. The van der Waals surface area contributed by atoms with Gasteiger partial charge >= 0.3 is 16.6 Å². The van der Waals surface area contributed by atoms with E-state index < -0.39 is 23.8 Å². The third-order valence-corrected chi connectivity index (χ3v) is 27.8. The maximum atomic E-state index is 5.56. The fraction of sp³-hybridized carbons (Fsp3) is 1.00. The highest BCUT2D eigenvalue weighted by Crippen LogP contribution is 2.31. The quantitative estimate of drug-likeness (QED) is 0.612. The van der Waals surface area contributed by atoms with Crippen LogP contribution in [0.5, 0.6) is 0 Å². The predicted molar refractivity (Wildman–Crippen MR) is 71.0 cm³/mol. The molecule has 0 saturated carbocycles. The van der Waals surface area contributed by atoms with Crippen molar-refractivity contribution in [1.82, 2.24) is 0 Å². The standard InChI is InChI=1S/C8H24O6Si3/c1-9-16(10-2,11-3)15(7,8)17(12-4,13-5)14-6/h1-8H3. The molecule has 17 heavy (non-hydrogen) atoms. The van der Waals surface area contributed by atoms with Crippen LogP contribution in [0.25, 0.3) is 0 Å². The van der Waals surface area contributed by atoms with Crippen LogP contribution in [0.4, 0.5) is 0 Å². The maximum Gasteiger partial charge on any atom is 0.475 e. The highest BCUT2D eigenvalue weighted by atomic mass is 29.7. The van der Waals surface area contributed by atoms with Gasteiger partial charge in [-0.05, 0) is 0 Å². The summed E-state index contributed by atoms with van der Waals surface area (Å²) in [4.78, 5) is 0. The first kappa shape index (κ1) is 17.4. The van der Waals surface area contributed by atoms with Gasteiger partial charge in [0.25, 0.3) is 0 Å². The Labute approximate surface area is 106 Å². The minimum atomic E-state index is -2.82. The molecule has 0 heterocycles. The molecule has 0 amide bonds. The zero-order valence-corrected chi connectivity index (χ0v) is 14.9. The number of rotatable bonds is 8. The zero-order valence-electron chi connectivity index (χ0n) is 11.9. The summed E-state index contributed by atoms with van der Waals surface area (Å²) in [5.41, 5.74) is 0. The summed E-state index contributed by atoms with van der Waals surface area (Å²) in [6.07, 6.45) is 0. The van der Waals surface area contributed by atoms with E-state index in [1.54, 1.807) is 42.7 Å². The van der Waals surface area contributed by atoms with Crippen molar-refractivity contribution in [2.75, 3.05) is 42.7 Å². The predicted octanol–water partition coefficient (Wildman–Crippen LogP) is 0.608. The SMILES string of the molecule is CO[Si](OC)(OC)[Si](C)(C)[Si](OC)(OC)OC. The van der Waals surface area contributed by atoms with Crippen LogP contribution in [0, 0.1) is 0 Å². The lowest BCUT2D eigenvalue weighted by Crippen LogP contribution is -2.80. The molecule has 0 saturated heterocycles. The van der Waals surface area contributed by atoms with E-state index >= 15 is 0 Å². The average molecular weight is 301 g/mol. The summed E-state index contributed by atoms with van der Waals surface area (Å²) >= 11 is 0. The Morgan fingerprint density at radius 1 is 0.471 bits per heavy atom. The maximum absolute atomic E-state index is 5.56. The molecule has 0 aromatic heterocycles. The Balaban J connectivity index is 5.60. The van der Waals surface area contributed by atoms with Crippen molar-refractivity contribution in [3.63, 3.8) is 0 Å². The van der Waals surface area contributed by atoms with E-state index in [1.165, 1.54) is 0 Å². The molecule has 0 aromatic rings. The second-order valence-electron chi connectivity index (χ2n) is 3.96. The molecule has 0 bridgehead atoms. The smallest absolute Gasteiger partial charge is 0.380 e. The van der Waals surface area contributed by atoms with Gasteiger partial charge in [-0.15, -0.1) is 0 Å². The van der Waals surface area contributed by atoms with E-state index in [2.05, 4.69) is 13.1 Å². The van der Waals surface area contributed by atoms with Gasteiger partial charge in [0.05, 0.1) is 0 Å². The van der Waals surface area contributed by atoms with E-state index in [1.807, 2.05) is 0 Å². The van der Waals surface area contributed by atoms with Crippen molar-refractivity contribution in [3.8, 4) is 0 Å². The summed E-state index contributed by atoms with van der Waals surface area (Å²) < 4.78 is 33.4. The third kappa shape index (κ3) is 2.57. The molecular formula is C8H24O6Si3. The van der Waals surface area contributed by atoms with Crippen LogP contribution in [0.1, 0.15) is 0 Å². The van der Waals surface area contributed by atoms with Crippen LogP contribution >= 0.6 is 0 Å². The number of hydrogen-bond donors (Lipinski definition) is 0. The number of hydrogen-bond acceptors (Lipinski definition) is 6. The highest BCUT2D eigenvalue weighted by molar-refractivity contribution is 7.61. The van der Waals surface area contributed by atoms with Gasteiger partial charge in [-0.1, -0.05) is 13.1 Å². The molecule has 0 radical (unpaired) electrons. The van der Waals surface area contributed by atoms with Gasteiger partial charge < -0.3 is 26.6 Å². The lowest BCUT2D eigenvalue weighted by atomic mass is 11.8. The Hall–Kier alpha value is 0.411. The van der Waals surface area contributed by atoms with Gasteiger partial charge in [-0.25, -0.2) is 0 Å². The minimum absolute atomic E-state index is 1.59. The van der Waals surface area contributed by atoms with Crippen molar-refractivity contribution in [1.29, 1.82) is 0 Å². The molecule has 6 nitrogen and oxygen atoms in total. The van der Waals surface area contributed by atoms with E-state index in [-0.39, 0.29) is 0 Å². The molecule has 0 rings (SSSR count). The Kier molecular flexibility index (Phi) is 6.70. The first-order valence-corrected chi connectivity index (χ1v) is 13.6. The summed E-state index contributed by atoms with van der Waals surface area (Å²) in [6, 6.07) is 0. The van der Waals surface area contributed by atoms with Crippen molar-refractivity contribution in [2.24, 2.45) is 0 Å². The van der Waals surface area contributed by atoms with Gasteiger partial charge in [0.15, 0.2) is 0 Å². The summed E-state index contributed by atoms with van der Waals surface area (Å²) in [6.45, 7) is 4.11. The molecule has 0 aliphatic heterocycles.